The fourth-order valence-electron chi connectivity index (χ4n) is 3.71. The molecular formula is C23H20ClN3O5S. The Kier molecular flexibility index (Phi) is 6.09. The molecule has 1 heterocycles. The number of fused-ring (bicyclic) bond motifs is 1. The Hall–Kier alpha value is -3.43. The van der Waals surface area contributed by atoms with Crippen molar-refractivity contribution in [3.05, 3.63) is 92.5 Å². The molecule has 0 aromatic heterocycles. The van der Waals surface area contributed by atoms with Crippen LogP contribution >= 0.6 is 11.6 Å². The average molecular weight is 486 g/mol. The lowest BCUT2D eigenvalue weighted by Crippen LogP contribution is -2.35. The second kappa shape index (κ2) is 8.84. The van der Waals surface area contributed by atoms with Gasteiger partial charge in [0.25, 0.3) is 21.6 Å². The minimum atomic E-state index is -3.77. The highest BCUT2D eigenvalue weighted by molar-refractivity contribution is 7.92. The number of non-ortho nitro benzene ring substituents is 1. The van der Waals surface area contributed by atoms with Crippen LogP contribution < -0.4 is 9.62 Å². The van der Waals surface area contributed by atoms with Gasteiger partial charge in [-0.2, -0.15) is 0 Å². The third-order valence-electron chi connectivity index (χ3n) is 5.44. The number of halogens is 1. The van der Waals surface area contributed by atoms with Crippen molar-refractivity contribution in [3.63, 3.8) is 0 Å². The predicted molar refractivity (Wildman–Crippen MR) is 127 cm³/mol. The third-order valence-corrected chi connectivity index (χ3v) is 7.58. The molecule has 0 spiro atoms. The van der Waals surface area contributed by atoms with E-state index in [-0.39, 0.29) is 21.2 Å². The van der Waals surface area contributed by atoms with Gasteiger partial charge in [0.05, 0.1) is 26.1 Å². The summed E-state index contributed by atoms with van der Waals surface area (Å²) in [5.41, 5.74) is 2.58. The molecule has 10 heteroatoms. The first-order valence-corrected chi connectivity index (χ1v) is 12.0. The molecule has 0 saturated heterocycles. The number of nitrogens with one attached hydrogen (secondary N) is 1. The SMILES string of the molecule is Cc1ccc(S(=O)(=O)N2CCCc3ccc(NC(=O)c4ccc([N+](=O)[O-])cc4Cl)cc32)cc1. The van der Waals surface area contributed by atoms with Crippen LogP contribution in [0.5, 0.6) is 0 Å². The lowest BCUT2D eigenvalue weighted by molar-refractivity contribution is -0.384. The molecule has 1 aliphatic heterocycles. The number of rotatable bonds is 5. The highest BCUT2D eigenvalue weighted by atomic mass is 35.5. The molecule has 0 aliphatic carbocycles. The second-order valence-corrected chi connectivity index (χ2v) is 9.98. The van der Waals surface area contributed by atoms with Crippen LogP contribution in [0.15, 0.2) is 65.6 Å². The van der Waals surface area contributed by atoms with Crippen molar-refractivity contribution in [3.8, 4) is 0 Å². The van der Waals surface area contributed by atoms with Crippen LogP contribution in [0.3, 0.4) is 0 Å². The molecule has 1 amide bonds. The van der Waals surface area contributed by atoms with Gasteiger partial charge in [-0.05, 0) is 55.7 Å². The number of nitro groups is 1. The number of carbonyl (C=O) groups is 1. The molecule has 0 radical (unpaired) electrons. The van der Waals surface area contributed by atoms with Gasteiger partial charge < -0.3 is 5.32 Å². The quantitative estimate of drug-likeness (QED) is 0.406. The highest BCUT2D eigenvalue weighted by Crippen LogP contribution is 2.34. The first-order valence-electron chi connectivity index (χ1n) is 10.1. The van der Waals surface area contributed by atoms with E-state index >= 15 is 0 Å². The number of nitro benzene ring substituents is 1. The number of hydrogen-bond donors (Lipinski definition) is 1. The minimum Gasteiger partial charge on any atom is -0.322 e. The van der Waals surface area contributed by atoms with E-state index in [9.17, 15) is 23.3 Å². The number of anilines is 2. The number of nitrogens with zero attached hydrogens (tertiary/aromatic N) is 2. The van der Waals surface area contributed by atoms with Crippen molar-refractivity contribution in [1.29, 1.82) is 0 Å². The molecule has 4 rings (SSSR count). The van der Waals surface area contributed by atoms with E-state index < -0.39 is 20.9 Å². The molecule has 0 atom stereocenters. The summed E-state index contributed by atoms with van der Waals surface area (Å²) < 4.78 is 28.0. The monoisotopic (exact) mass is 485 g/mol. The smallest absolute Gasteiger partial charge is 0.270 e. The van der Waals surface area contributed by atoms with Crippen molar-refractivity contribution in [1.82, 2.24) is 0 Å². The largest absolute Gasteiger partial charge is 0.322 e. The van der Waals surface area contributed by atoms with Crippen molar-refractivity contribution >= 4 is 44.6 Å². The van der Waals surface area contributed by atoms with Crippen molar-refractivity contribution in [2.45, 2.75) is 24.7 Å². The number of hydrogen-bond acceptors (Lipinski definition) is 5. The van der Waals surface area contributed by atoms with E-state index in [1.54, 1.807) is 42.5 Å². The van der Waals surface area contributed by atoms with Crippen LogP contribution in [-0.2, 0) is 16.4 Å². The zero-order valence-corrected chi connectivity index (χ0v) is 19.2. The maximum absolute atomic E-state index is 13.3. The maximum atomic E-state index is 13.3. The molecule has 1 aliphatic rings. The van der Waals surface area contributed by atoms with E-state index in [0.717, 1.165) is 23.6 Å². The Morgan fingerprint density at radius 2 is 1.82 bits per heavy atom. The van der Waals surface area contributed by atoms with Crippen molar-refractivity contribution in [2.24, 2.45) is 0 Å². The van der Waals surface area contributed by atoms with Gasteiger partial charge in [-0.15, -0.1) is 0 Å². The predicted octanol–water partition coefficient (Wildman–Crippen LogP) is 4.95. The van der Waals surface area contributed by atoms with Crippen LogP contribution in [-0.4, -0.2) is 25.8 Å². The summed E-state index contributed by atoms with van der Waals surface area (Å²) in [7, 11) is -3.77. The molecule has 33 heavy (non-hydrogen) atoms. The summed E-state index contributed by atoms with van der Waals surface area (Å²) >= 11 is 6.06. The Labute approximate surface area is 196 Å². The molecule has 3 aromatic rings. The molecule has 1 N–H and O–H groups in total. The standard InChI is InChI=1S/C23H20ClN3O5S/c1-15-4-9-19(10-5-15)33(31,32)26-12-2-3-16-6-7-17(13-22(16)26)25-23(28)20-11-8-18(27(29)30)14-21(20)24/h4-11,13-14H,2-3,12H2,1H3,(H,25,28). The molecule has 3 aromatic carbocycles. The van der Waals surface area contributed by atoms with Gasteiger partial charge in [0.15, 0.2) is 0 Å². The topological polar surface area (TPSA) is 110 Å². The van der Waals surface area contributed by atoms with E-state index in [1.807, 2.05) is 6.92 Å². The highest BCUT2D eigenvalue weighted by Gasteiger charge is 2.29. The fraction of sp³-hybridized carbons (Fsp3) is 0.174. The third kappa shape index (κ3) is 4.55. The normalized spacial score (nSPS) is 13.3. The average Bonchev–Trinajstić information content (AvgIpc) is 2.78. The summed E-state index contributed by atoms with van der Waals surface area (Å²) in [5, 5.41) is 13.5. The van der Waals surface area contributed by atoms with Crippen LogP contribution in [0.4, 0.5) is 17.1 Å². The molecule has 8 nitrogen and oxygen atoms in total. The molecule has 0 saturated carbocycles. The van der Waals surface area contributed by atoms with Gasteiger partial charge in [0, 0.05) is 24.4 Å². The van der Waals surface area contributed by atoms with Crippen molar-refractivity contribution < 1.29 is 18.1 Å². The minimum absolute atomic E-state index is 0.0526. The number of aryl methyl sites for hydroxylation is 2. The molecule has 0 bridgehead atoms. The van der Waals surface area contributed by atoms with Gasteiger partial charge in [0.1, 0.15) is 0 Å². The number of benzene rings is 3. The lowest BCUT2D eigenvalue weighted by Gasteiger charge is -2.31. The summed E-state index contributed by atoms with van der Waals surface area (Å²) in [5.74, 6) is -0.557. The Morgan fingerprint density at radius 3 is 2.48 bits per heavy atom. The summed E-state index contributed by atoms with van der Waals surface area (Å²) in [6, 6.07) is 15.4. The number of sulfonamides is 1. The Bertz CT molecular complexity index is 1360. The molecule has 0 unspecified atom stereocenters. The van der Waals surface area contributed by atoms with Gasteiger partial charge in [-0.3, -0.25) is 19.2 Å². The Morgan fingerprint density at radius 1 is 1.09 bits per heavy atom. The van der Waals surface area contributed by atoms with Gasteiger partial charge in [0.2, 0.25) is 0 Å². The van der Waals surface area contributed by atoms with Gasteiger partial charge >= 0.3 is 0 Å². The van der Waals surface area contributed by atoms with Gasteiger partial charge in [-0.25, -0.2) is 8.42 Å². The fourth-order valence-corrected chi connectivity index (χ4v) is 5.50. The number of amides is 1. The first-order chi connectivity index (χ1) is 15.7. The molecule has 170 valence electrons. The lowest BCUT2D eigenvalue weighted by atomic mass is 10.0. The Balaban J connectivity index is 1.64. The second-order valence-electron chi connectivity index (χ2n) is 7.71. The van der Waals surface area contributed by atoms with E-state index in [0.29, 0.717) is 24.3 Å². The van der Waals surface area contributed by atoms with E-state index in [1.165, 1.54) is 16.4 Å². The maximum Gasteiger partial charge on any atom is 0.270 e. The summed E-state index contributed by atoms with van der Waals surface area (Å²) in [4.78, 5) is 23.2. The molecular weight excluding hydrogens is 466 g/mol. The van der Waals surface area contributed by atoms with Crippen LogP contribution in [0, 0.1) is 17.0 Å². The van der Waals surface area contributed by atoms with Gasteiger partial charge in [-0.1, -0.05) is 35.4 Å². The zero-order chi connectivity index (χ0) is 23.8. The number of carbonyl (C=O) groups excluding carboxylic acids is 1. The van der Waals surface area contributed by atoms with Crippen molar-refractivity contribution in [2.75, 3.05) is 16.2 Å². The van der Waals surface area contributed by atoms with E-state index in [2.05, 4.69) is 5.32 Å². The van der Waals surface area contributed by atoms with Crippen LogP contribution in [0.1, 0.15) is 27.9 Å². The summed E-state index contributed by atoms with van der Waals surface area (Å²) in [6.45, 7) is 2.22. The van der Waals surface area contributed by atoms with Crippen LogP contribution in [0.25, 0.3) is 0 Å². The first kappa shape index (κ1) is 22.8. The van der Waals surface area contributed by atoms with E-state index in [4.69, 9.17) is 11.6 Å². The molecule has 0 fully saturated rings. The summed E-state index contributed by atoms with van der Waals surface area (Å²) in [6.07, 6.45) is 1.40. The zero-order valence-electron chi connectivity index (χ0n) is 17.6. The van der Waals surface area contributed by atoms with Crippen LogP contribution in [0.2, 0.25) is 5.02 Å².